The molecule has 1 unspecified atom stereocenters. The summed E-state index contributed by atoms with van der Waals surface area (Å²) < 4.78 is 11.7. The monoisotopic (exact) mass is 453 g/mol. The van der Waals surface area contributed by atoms with Crippen LogP contribution in [0.25, 0.3) is 0 Å². The van der Waals surface area contributed by atoms with E-state index in [1.807, 2.05) is 12.1 Å². The van der Waals surface area contributed by atoms with Gasteiger partial charge in [0.1, 0.15) is 0 Å². The first-order valence-corrected chi connectivity index (χ1v) is 7.83. The molecule has 0 aromatic heterocycles. The Balaban J connectivity index is 2.30. The molecule has 20 heavy (non-hydrogen) atoms. The SMILES string of the molecule is COC(=O)C1COCCN1C(=O)c1cc(Br)ccc1I. The number of methoxy groups -OCH3 is 1. The van der Waals surface area contributed by atoms with Crippen molar-refractivity contribution in [3.8, 4) is 0 Å². The third-order valence-electron chi connectivity index (χ3n) is 3.02. The number of hydrogen-bond acceptors (Lipinski definition) is 4. The van der Waals surface area contributed by atoms with E-state index in [-0.39, 0.29) is 12.5 Å². The molecule has 0 spiro atoms. The summed E-state index contributed by atoms with van der Waals surface area (Å²) in [4.78, 5) is 25.9. The van der Waals surface area contributed by atoms with Gasteiger partial charge in [-0.05, 0) is 40.8 Å². The van der Waals surface area contributed by atoms with Crippen molar-refractivity contribution in [1.29, 1.82) is 0 Å². The lowest BCUT2D eigenvalue weighted by Gasteiger charge is -2.33. The zero-order valence-corrected chi connectivity index (χ0v) is 14.5. The van der Waals surface area contributed by atoms with E-state index in [1.54, 1.807) is 6.07 Å². The van der Waals surface area contributed by atoms with Crippen LogP contribution in [0.1, 0.15) is 10.4 Å². The second-order valence-corrected chi connectivity index (χ2v) is 6.31. The van der Waals surface area contributed by atoms with Crippen molar-refractivity contribution in [2.24, 2.45) is 0 Å². The van der Waals surface area contributed by atoms with E-state index >= 15 is 0 Å². The summed E-state index contributed by atoms with van der Waals surface area (Å²) in [5.41, 5.74) is 0.566. The highest BCUT2D eigenvalue weighted by Crippen LogP contribution is 2.22. The number of carbonyl (C=O) groups is 2. The maximum absolute atomic E-state index is 12.6. The molecule has 0 bridgehead atoms. The first kappa shape index (κ1) is 15.7. The van der Waals surface area contributed by atoms with Gasteiger partial charge in [0.15, 0.2) is 6.04 Å². The normalized spacial score (nSPS) is 18.8. The topological polar surface area (TPSA) is 55.8 Å². The van der Waals surface area contributed by atoms with Crippen LogP contribution in [0.4, 0.5) is 0 Å². The fourth-order valence-electron chi connectivity index (χ4n) is 1.99. The lowest BCUT2D eigenvalue weighted by molar-refractivity contribution is -0.151. The molecular weight excluding hydrogens is 441 g/mol. The highest BCUT2D eigenvalue weighted by atomic mass is 127. The lowest BCUT2D eigenvalue weighted by atomic mass is 10.1. The molecule has 0 saturated carbocycles. The number of nitrogens with zero attached hydrogens (tertiary/aromatic N) is 1. The van der Waals surface area contributed by atoms with Gasteiger partial charge in [0, 0.05) is 14.6 Å². The van der Waals surface area contributed by atoms with Gasteiger partial charge in [-0.15, -0.1) is 0 Å². The summed E-state index contributed by atoms with van der Waals surface area (Å²) in [5.74, 6) is -0.641. The molecule has 1 aliphatic heterocycles. The van der Waals surface area contributed by atoms with Crippen LogP contribution in [0.15, 0.2) is 22.7 Å². The van der Waals surface area contributed by atoms with E-state index in [2.05, 4.69) is 38.5 Å². The molecule has 1 aromatic rings. The number of amides is 1. The fraction of sp³-hybridized carbons (Fsp3) is 0.385. The van der Waals surface area contributed by atoms with Crippen molar-refractivity contribution in [2.45, 2.75) is 6.04 Å². The Kier molecular flexibility index (Phi) is 5.39. The minimum Gasteiger partial charge on any atom is -0.467 e. The van der Waals surface area contributed by atoms with Gasteiger partial charge in [-0.1, -0.05) is 15.9 Å². The number of halogens is 2. The van der Waals surface area contributed by atoms with Crippen molar-refractivity contribution in [2.75, 3.05) is 26.9 Å². The van der Waals surface area contributed by atoms with Crippen LogP contribution in [0.3, 0.4) is 0 Å². The second-order valence-electron chi connectivity index (χ2n) is 4.24. The van der Waals surface area contributed by atoms with E-state index in [0.717, 1.165) is 8.04 Å². The molecule has 108 valence electrons. The molecule has 0 aliphatic carbocycles. The Morgan fingerprint density at radius 3 is 2.95 bits per heavy atom. The van der Waals surface area contributed by atoms with Crippen LogP contribution in [-0.2, 0) is 14.3 Å². The highest BCUT2D eigenvalue weighted by Gasteiger charge is 2.34. The summed E-state index contributed by atoms with van der Waals surface area (Å²) >= 11 is 5.46. The number of rotatable bonds is 2. The van der Waals surface area contributed by atoms with Gasteiger partial charge in [-0.3, -0.25) is 4.79 Å². The van der Waals surface area contributed by atoms with Crippen molar-refractivity contribution >= 4 is 50.4 Å². The van der Waals surface area contributed by atoms with Crippen LogP contribution in [-0.4, -0.2) is 49.7 Å². The molecule has 5 nitrogen and oxygen atoms in total. The average Bonchev–Trinajstić information content (AvgIpc) is 2.48. The maximum atomic E-state index is 12.6. The molecule has 1 saturated heterocycles. The smallest absolute Gasteiger partial charge is 0.331 e. The van der Waals surface area contributed by atoms with Gasteiger partial charge in [0.2, 0.25) is 0 Å². The average molecular weight is 454 g/mol. The van der Waals surface area contributed by atoms with Crippen LogP contribution in [0, 0.1) is 3.57 Å². The molecule has 0 N–H and O–H groups in total. The Morgan fingerprint density at radius 2 is 2.25 bits per heavy atom. The van der Waals surface area contributed by atoms with E-state index in [0.29, 0.717) is 18.7 Å². The van der Waals surface area contributed by atoms with Crippen molar-refractivity contribution < 1.29 is 19.1 Å². The molecule has 1 atom stereocenters. The number of benzene rings is 1. The van der Waals surface area contributed by atoms with Crippen LogP contribution < -0.4 is 0 Å². The Bertz CT molecular complexity index is 537. The number of esters is 1. The molecule has 1 fully saturated rings. The van der Waals surface area contributed by atoms with Gasteiger partial charge in [-0.2, -0.15) is 0 Å². The summed E-state index contributed by atoms with van der Waals surface area (Å²) in [5, 5.41) is 0. The molecule has 2 rings (SSSR count). The standard InChI is InChI=1S/C13H13BrINO4/c1-19-13(18)11-7-20-5-4-16(11)12(17)9-6-8(14)2-3-10(9)15/h2-3,6,11H,4-5,7H2,1H3. The molecule has 1 amide bonds. The Hall–Kier alpha value is -0.670. The molecular formula is C13H13BrINO4. The predicted molar refractivity (Wildman–Crippen MR) is 84.5 cm³/mol. The summed E-state index contributed by atoms with van der Waals surface area (Å²) in [7, 11) is 1.31. The number of carbonyl (C=O) groups excluding carboxylic acids is 2. The van der Waals surface area contributed by atoms with Crippen molar-refractivity contribution in [1.82, 2.24) is 4.90 Å². The third kappa shape index (κ3) is 3.32. The quantitative estimate of drug-likeness (QED) is 0.508. The molecule has 1 aliphatic rings. The minimum atomic E-state index is -0.684. The number of morpholine rings is 1. The third-order valence-corrected chi connectivity index (χ3v) is 4.46. The fourth-order valence-corrected chi connectivity index (χ4v) is 2.92. The van der Waals surface area contributed by atoms with Gasteiger partial charge in [0.05, 0.1) is 25.9 Å². The molecule has 0 radical (unpaired) electrons. The zero-order chi connectivity index (χ0) is 14.7. The van der Waals surface area contributed by atoms with Gasteiger partial charge in [0.25, 0.3) is 5.91 Å². The lowest BCUT2D eigenvalue weighted by Crippen LogP contribution is -2.53. The molecule has 7 heteroatoms. The molecule has 1 heterocycles. The predicted octanol–water partition coefficient (Wildman–Crippen LogP) is 2.07. The first-order valence-electron chi connectivity index (χ1n) is 5.96. The largest absolute Gasteiger partial charge is 0.467 e. The van der Waals surface area contributed by atoms with E-state index in [4.69, 9.17) is 9.47 Å². The Labute approximate surface area is 138 Å². The summed E-state index contributed by atoms with van der Waals surface area (Å²) in [6, 6.07) is 4.80. The van der Waals surface area contributed by atoms with Gasteiger partial charge in [-0.25, -0.2) is 4.79 Å². The second kappa shape index (κ2) is 6.86. The highest BCUT2D eigenvalue weighted by molar-refractivity contribution is 14.1. The van der Waals surface area contributed by atoms with Crippen LogP contribution >= 0.6 is 38.5 Å². The molecule has 1 aromatic carbocycles. The number of ether oxygens (including phenoxy) is 2. The summed E-state index contributed by atoms with van der Waals surface area (Å²) in [6.07, 6.45) is 0. The zero-order valence-electron chi connectivity index (χ0n) is 10.8. The van der Waals surface area contributed by atoms with Gasteiger partial charge < -0.3 is 14.4 Å². The Morgan fingerprint density at radius 1 is 1.50 bits per heavy atom. The van der Waals surface area contributed by atoms with E-state index in [9.17, 15) is 9.59 Å². The van der Waals surface area contributed by atoms with Crippen LogP contribution in [0.5, 0.6) is 0 Å². The van der Waals surface area contributed by atoms with E-state index < -0.39 is 12.0 Å². The van der Waals surface area contributed by atoms with Crippen molar-refractivity contribution in [3.05, 3.63) is 31.8 Å². The minimum absolute atomic E-state index is 0.170. The maximum Gasteiger partial charge on any atom is 0.331 e. The van der Waals surface area contributed by atoms with Gasteiger partial charge >= 0.3 is 5.97 Å². The first-order chi connectivity index (χ1) is 9.54. The van der Waals surface area contributed by atoms with E-state index in [1.165, 1.54) is 12.0 Å². The van der Waals surface area contributed by atoms with Crippen molar-refractivity contribution in [3.63, 3.8) is 0 Å². The summed E-state index contributed by atoms with van der Waals surface area (Å²) in [6.45, 7) is 0.966. The number of hydrogen-bond donors (Lipinski definition) is 0. The van der Waals surface area contributed by atoms with Crippen LogP contribution in [0.2, 0.25) is 0 Å².